The number of piperazine rings is 1. The van der Waals surface area contributed by atoms with Crippen LogP contribution >= 0.6 is 0 Å². The Morgan fingerprint density at radius 1 is 1.25 bits per heavy atom. The third-order valence-electron chi connectivity index (χ3n) is 4.52. The third kappa shape index (κ3) is 3.35. The van der Waals surface area contributed by atoms with E-state index >= 15 is 0 Å². The highest BCUT2D eigenvalue weighted by molar-refractivity contribution is 5.55. The molecule has 1 aromatic carbocycles. The molecule has 2 nitrogen and oxygen atoms in total. The van der Waals surface area contributed by atoms with E-state index in [0.717, 1.165) is 13.1 Å². The minimum atomic E-state index is 0.607. The first kappa shape index (κ1) is 15.4. The molecule has 20 heavy (non-hydrogen) atoms. The molecule has 0 bridgehead atoms. The zero-order valence-corrected chi connectivity index (χ0v) is 13.5. The van der Waals surface area contributed by atoms with E-state index in [1.807, 2.05) is 0 Å². The molecule has 2 rings (SSSR count). The first-order valence-electron chi connectivity index (χ1n) is 8.25. The van der Waals surface area contributed by atoms with Gasteiger partial charge in [-0.25, -0.2) is 0 Å². The van der Waals surface area contributed by atoms with E-state index in [-0.39, 0.29) is 0 Å². The largest absolute Gasteiger partial charge is 0.365 e. The van der Waals surface area contributed by atoms with Gasteiger partial charge in [-0.05, 0) is 30.4 Å². The molecule has 2 heteroatoms. The van der Waals surface area contributed by atoms with Gasteiger partial charge in [-0.3, -0.25) is 0 Å². The molecule has 0 radical (unpaired) electrons. The quantitative estimate of drug-likeness (QED) is 0.877. The zero-order chi connectivity index (χ0) is 14.5. The van der Waals surface area contributed by atoms with E-state index in [1.165, 1.54) is 30.5 Å². The molecule has 0 spiro atoms. The van der Waals surface area contributed by atoms with Gasteiger partial charge in [0.05, 0.1) is 0 Å². The predicted octanol–water partition coefficient (Wildman–Crippen LogP) is 3.85. The summed E-state index contributed by atoms with van der Waals surface area (Å²) in [6.07, 6.45) is 3.60. The molecule has 112 valence electrons. The number of anilines is 1. The van der Waals surface area contributed by atoms with Crippen molar-refractivity contribution in [3.05, 3.63) is 29.8 Å². The standard InChI is InChI=1S/C18H30N2/c1-5-9-15-10-7-8-11-17(15)20-13-16(6-2)19-12-18(20)14(3)4/h7-8,10-11,14,16,18-19H,5-6,9,12-13H2,1-4H3. The van der Waals surface area contributed by atoms with Crippen molar-refractivity contribution in [1.29, 1.82) is 0 Å². The van der Waals surface area contributed by atoms with Crippen molar-refractivity contribution < 1.29 is 0 Å². The topological polar surface area (TPSA) is 15.3 Å². The molecule has 2 unspecified atom stereocenters. The van der Waals surface area contributed by atoms with Crippen LogP contribution in [0.3, 0.4) is 0 Å². The monoisotopic (exact) mass is 274 g/mol. The van der Waals surface area contributed by atoms with Crippen molar-refractivity contribution in [2.24, 2.45) is 5.92 Å². The van der Waals surface area contributed by atoms with Crippen molar-refractivity contribution in [1.82, 2.24) is 5.32 Å². The van der Waals surface area contributed by atoms with Crippen LogP contribution < -0.4 is 10.2 Å². The molecule has 1 N–H and O–H groups in total. The van der Waals surface area contributed by atoms with Gasteiger partial charge in [0, 0.05) is 30.9 Å². The zero-order valence-electron chi connectivity index (χ0n) is 13.5. The molecule has 2 atom stereocenters. The van der Waals surface area contributed by atoms with Crippen LogP contribution in [0.15, 0.2) is 24.3 Å². The Bertz CT molecular complexity index is 414. The van der Waals surface area contributed by atoms with Gasteiger partial charge in [-0.1, -0.05) is 52.3 Å². The maximum Gasteiger partial charge on any atom is 0.0438 e. The Morgan fingerprint density at radius 3 is 2.65 bits per heavy atom. The molecule has 1 aromatic rings. The van der Waals surface area contributed by atoms with E-state index < -0.39 is 0 Å². The fourth-order valence-electron chi connectivity index (χ4n) is 3.25. The second-order valence-corrected chi connectivity index (χ2v) is 6.36. The van der Waals surface area contributed by atoms with E-state index in [0.29, 0.717) is 18.0 Å². The van der Waals surface area contributed by atoms with Gasteiger partial charge in [0.1, 0.15) is 0 Å². The summed E-state index contributed by atoms with van der Waals surface area (Å²) in [6.45, 7) is 11.5. The Kier molecular flexibility index (Phi) is 5.47. The summed E-state index contributed by atoms with van der Waals surface area (Å²) in [5.41, 5.74) is 2.98. The molecule has 0 aliphatic carbocycles. The maximum atomic E-state index is 3.71. The number of aryl methyl sites for hydroxylation is 1. The summed E-state index contributed by atoms with van der Waals surface area (Å²) in [5.74, 6) is 0.676. The summed E-state index contributed by atoms with van der Waals surface area (Å²) in [7, 11) is 0. The number of nitrogens with one attached hydrogen (secondary N) is 1. The van der Waals surface area contributed by atoms with Gasteiger partial charge >= 0.3 is 0 Å². The van der Waals surface area contributed by atoms with Gasteiger partial charge < -0.3 is 10.2 Å². The highest BCUT2D eigenvalue weighted by Crippen LogP contribution is 2.28. The predicted molar refractivity (Wildman–Crippen MR) is 88.5 cm³/mol. The highest BCUT2D eigenvalue weighted by Gasteiger charge is 2.30. The van der Waals surface area contributed by atoms with Crippen LogP contribution in [0, 0.1) is 5.92 Å². The summed E-state index contributed by atoms with van der Waals surface area (Å²) >= 11 is 0. The fourth-order valence-corrected chi connectivity index (χ4v) is 3.25. The van der Waals surface area contributed by atoms with Crippen LogP contribution in [0.2, 0.25) is 0 Å². The second kappa shape index (κ2) is 7.12. The summed E-state index contributed by atoms with van der Waals surface area (Å²) in [5, 5.41) is 3.71. The minimum absolute atomic E-state index is 0.607. The number of nitrogens with zero attached hydrogens (tertiary/aromatic N) is 1. The lowest BCUT2D eigenvalue weighted by molar-refractivity contribution is 0.333. The smallest absolute Gasteiger partial charge is 0.0438 e. The van der Waals surface area contributed by atoms with Crippen LogP contribution in [-0.2, 0) is 6.42 Å². The number of hydrogen-bond donors (Lipinski definition) is 1. The molecule has 0 saturated carbocycles. The van der Waals surface area contributed by atoms with E-state index in [9.17, 15) is 0 Å². The Balaban J connectivity index is 2.29. The maximum absolute atomic E-state index is 3.71. The van der Waals surface area contributed by atoms with E-state index in [2.05, 4.69) is 62.2 Å². The highest BCUT2D eigenvalue weighted by atomic mass is 15.2. The lowest BCUT2D eigenvalue weighted by Gasteiger charge is -2.44. The lowest BCUT2D eigenvalue weighted by Crippen LogP contribution is -2.58. The SMILES string of the molecule is CCCc1ccccc1N1CC(CC)NCC1C(C)C. The molecule has 1 saturated heterocycles. The van der Waals surface area contributed by atoms with Gasteiger partial charge in [0.15, 0.2) is 0 Å². The second-order valence-electron chi connectivity index (χ2n) is 6.36. The van der Waals surface area contributed by atoms with Crippen LogP contribution in [-0.4, -0.2) is 25.2 Å². The molecule has 1 heterocycles. The van der Waals surface area contributed by atoms with Crippen molar-refractivity contribution in [3.8, 4) is 0 Å². The summed E-state index contributed by atoms with van der Waals surface area (Å²) < 4.78 is 0. The Morgan fingerprint density at radius 2 is 2.00 bits per heavy atom. The molecule has 1 aliphatic heterocycles. The van der Waals surface area contributed by atoms with E-state index in [1.54, 1.807) is 0 Å². The first-order chi connectivity index (χ1) is 9.67. The fraction of sp³-hybridized carbons (Fsp3) is 0.667. The Hall–Kier alpha value is -1.02. The molecule has 1 fully saturated rings. The van der Waals surface area contributed by atoms with Crippen LogP contribution in [0.25, 0.3) is 0 Å². The third-order valence-corrected chi connectivity index (χ3v) is 4.52. The number of rotatable bonds is 5. The van der Waals surface area contributed by atoms with Crippen molar-refractivity contribution in [2.75, 3.05) is 18.0 Å². The Labute approximate surface area is 124 Å². The van der Waals surface area contributed by atoms with Crippen LogP contribution in [0.1, 0.15) is 46.1 Å². The number of hydrogen-bond acceptors (Lipinski definition) is 2. The number of para-hydroxylation sites is 1. The summed E-state index contributed by atoms with van der Waals surface area (Å²) in [6, 6.07) is 10.2. The van der Waals surface area contributed by atoms with Crippen LogP contribution in [0.4, 0.5) is 5.69 Å². The minimum Gasteiger partial charge on any atom is -0.365 e. The number of benzene rings is 1. The average molecular weight is 274 g/mol. The van der Waals surface area contributed by atoms with Crippen molar-refractivity contribution >= 4 is 5.69 Å². The lowest BCUT2D eigenvalue weighted by atomic mass is 9.95. The van der Waals surface area contributed by atoms with Crippen molar-refractivity contribution in [2.45, 2.75) is 59.0 Å². The first-order valence-corrected chi connectivity index (χ1v) is 8.25. The molecular formula is C18H30N2. The van der Waals surface area contributed by atoms with Gasteiger partial charge in [-0.15, -0.1) is 0 Å². The molecule has 0 amide bonds. The average Bonchev–Trinajstić information content (AvgIpc) is 2.47. The van der Waals surface area contributed by atoms with Gasteiger partial charge in [0.2, 0.25) is 0 Å². The molecular weight excluding hydrogens is 244 g/mol. The van der Waals surface area contributed by atoms with Gasteiger partial charge in [0.25, 0.3) is 0 Å². The molecule has 0 aromatic heterocycles. The van der Waals surface area contributed by atoms with E-state index in [4.69, 9.17) is 0 Å². The summed E-state index contributed by atoms with van der Waals surface area (Å²) in [4.78, 5) is 2.67. The van der Waals surface area contributed by atoms with Crippen LogP contribution in [0.5, 0.6) is 0 Å². The van der Waals surface area contributed by atoms with Crippen molar-refractivity contribution in [3.63, 3.8) is 0 Å². The normalized spacial score (nSPS) is 23.4. The molecule has 1 aliphatic rings. The van der Waals surface area contributed by atoms with Gasteiger partial charge in [-0.2, -0.15) is 0 Å².